The lowest BCUT2D eigenvalue weighted by atomic mass is 10.0. The molecular weight excluding hydrogens is 344 g/mol. The minimum Gasteiger partial charge on any atom is -0.295 e. The van der Waals surface area contributed by atoms with Crippen molar-refractivity contribution in [3.8, 4) is 11.1 Å². The Morgan fingerprint density at radius 1 is 1.00 bits per heavy atom. The standard InChI is InChI=1S/C14H10Br2O/c1-9(17)10-2-4-11(5-3-10)13-8-12(15)6-7-14(13)16/h2-8H,1H3. The quantitative estimate of drug-likeness (QED) is 0.688. The van der Waals surface area contributed by atoms with Crippen LogP contribution in [0.2, 0.25) is 0 Å². The number of halogens is 2. The first-order valence-electron chi connectivity index (χ1n) is 5.14. The summed E-state index contributed by atoms with van der Waals surface area (Å²) in [4.78, 5) is 11.2. The van der Waals surface area contributed by atoms with Crippen LogP contribution < -0.4 is 0 Å². The Morgan fingerprint density at radius 2 is 1.65 bits per heavy atom. The molecule has 0 aliphatic heterocycles. The molecule has 86 valence electrons. The Labute approximate surface area is 117 Å². The van der Waals surface area contributed by atoms with E-state index in [1.807, 2.05) is 42.5 Å². The zero-order valence-corrected chi connectivity index (χ0v) is 12.4. The van der Waals surface area contributed by atoms with Crippen LogP contribution >= 0.6 is 31.9 Å². The molecule has 3 heteroatoms. The van der Waals surface area contributed by atoms with E-state index < -0.39 is 0 Å². The number of carbonyl (C=O) groups is 1. The second-order valence-electron chi connectivity index (χ2n) is 3.76. The van der Waals surface area contributed by atoms with E-state index in [0.717, 1.165) is 25.6 Å². The van der Waals surface area contributed by atoms with Gasteiger partial charge >= 0.3 is 0 Å². The molecule has 0 spiro atoms. The van der Waals surface area contributed by atoms with Crippen molar-refractivity contribution in [2.24, 2.45) is 0 Å². The molecule has 0 unspecified atom stereocenters. The van der Waals surface area contributed by atoms with Gasteiger partial charge in [-0.05, 0) is 36.2 Å². The number of hydrogen-bond donors (Lipinski definition) is 0. The van der Waals surface area contributed by atoms with Crippen molar-refractivity contribution in [2.75, 3.05) is 0 Å². The SMILES string of the molecule is CC(=O)c1ccc(-c2cc(Br)ccc2Br)cc1. The number of carbonyl (C=O) groups excluding carboxylic acids is 1. The molecule has 0 radical (unpaired) electrons. The van der Waals surface area contributed by atoms with Gasteiger partial charge in [0.15, 0.2) is 5.78 Å². The first-order chi connectivity index (χ1) is 8.08. The molecule has 0 atom stereocenters. The predicted molar refractivity (Wildman–Crippen MR) is 77.3 cm³/mol. The monoisotopic (exact) mass is 352 g/mol. The highest BCUT2D eigenvalue weighted by Gasteiger charge is 2.05. The fraction of sp³-hybridized carbons (Fsp3) is 0.0714. The van der Waals surface area contributed by atoms with Crippen LogP contribution in [0, 0.1) is 0 Å². The molecule has 17 heavy (non-hydrogen) atoms. The zero-order chi connectivity index (χ0) is 12.4. The third-order valence-corrected chi connectivity index (χ3v) is 3.72. The van der Waals surface area contributed by atoms with E-state index >= 15 is 0 Å². The Bertz CT molecular complexity index is 559. The van der Waals surface area contributed by atoms with E-state index in [-0.39, 0.29) is 5.78 Å². The van der Waals surface area contributed by atoms with Gasteiger partial charge in [0.2, 0.25) is 0 Å². The third kappa shape index (κ3) is 2.85. The molecule has 0 aromatic heterocycles. The van der Waals surface area contributed by atoms with Gasteiger partial charge in [0, 0.05) is 14.5 Å². The van der Waals surface area contributed by atoms with Crippen LogP contribution in [0.4, 0.5) is 0 Å². The fourth-order valence-electron chi connectivity index (χ4n) is 1.60. The topological polar surface area (TPSA) is 17.1 Å². The minimum atomic E-state index is 0.0878. The molecule has 2 aromatic carbocycles. The van der Waals surface area contributed by atoms with E-state index in [9.17, 15) is 4.79 Å². The van der Waals surface area contributed by atoms with Gasteiger partial charge in [-0.2, -0.15) is 0 Å². The van der Waals surface area contributed by atoms with Crippen LogP contribution in [0.25, 0.3) is 11.1 Å². The molecule has 0 heterocycles. The van der Waals surface area contributed by atoms with Gasteiger partial charge in [0.1, 0.15) is 0 Å². The number of ketones is 1. The Kier molecular flexibility index (Phi) is 3.79. The van der Waals surface area contributed by atoms with E-state index in [0.29, 0.717) is 0 Å². The maximum Gasteiger partial charge on any atom is 0.159 e. The summed E-state index contributed by atoms with van der Waals surface area (Å²) in [5.41, 5.74) is 2.93. The van der Waals surface area contributed by atoms with E-state index in [1.165, 1.54) is 0 Å². The number of hydrogen-bond acceptors (Lipinski definition) is 1. The van der Waals surface area contributed by atoms with Crippen LogP contribution in [-0.4, -0.2) is 5.78 Å². The Hall–Kier alpha value is -0.930. The van der Waals surface area contributed by atoms with Crippen molar-refractivity contribution in [3.63, 3.8) is 0 Å². The van der Waals surface area contributed by atoms with Crippen molar-refractivity contribution in [2.45, 2.75) is 6.92 Å². The van der Waals surface area contributed by atoms with Gasteiger partial charge < -0.3 is 0 Å². The Balaban J connectivity index is 2.46. The first kappa shape index (κ1) is 12.5. The molecule has 0 aliphatic rings. The van der Waals surface area contributed by atoms with E-state index in [2.05, 4.69) is 31.9 Å². The van der Waals surface area contributed by atoms with Crippen LogP contribution in [-0.2, 0) is 0 Å². The lowest BCUT2D eigenvalue weighted by molar-refractivity contribution is 0.101. The Morgan fingerprint density at radius 3 is 2.24 bits per heavy atom. The lowest BCUT2D eigenvalue weighted by Crippen LogP contribution is -1.91. The maximum atomic E-state index is 11.2. The van der Waals surface area contributed by atoms with Crippen LogP contribution in [0.15, 0.2) is 51.4 Å². The van der Waals surface area contributed by atoms with Crippen molar-refractivity contribution >= 4 is 37.6 Å². The molecule has 0 saturated heterocycles. The second kappa shape index (κ2) is 5.15. The van der Waals surface area contributed by atoms with Gasteiger partial charge in [0.25, 0.3) is 0 Å². The highest BCUT2D eigenvalue weighted by atomic mass is 79.9. The fourth-order valence-corrected chi connectivity index (χ4v) is 2.44. The highest BCUT2D eigenvalue weighted by Crippen LogP contribution is 2.31. The maximum absolute atomic E-state index is 11.2. The molecule has 0 N–H and O–H groups in total. The van der Waals surface area contributed by atoms with Crippen LogP contribution in [0.1, 0.15) is 17.3 Å². The van der Waals surface area contributed by atoms with Crippen molar-refractivity contribution in [1.82, 2.24) is 0 Å². The largest absolute Gasteiger partial charge is 0.295 e. The first-order valence-corrected chi connectivity index (χ1v) is 6.73. The number of benzene rings is 2. The summed E-state index contributed by atoms with van der Waals surface area (Å²) in [6, 6.07) is 13.7. The summed E-state index contributed by atoms with van der Waals surface area (Å²) in [7, 11) is 0. The number of Topliss-reactive ketones (excluding diaryl/α,β-unsaturated/α-hetero) is 1. The molecule has 0 amide bonds. The summed E-state index contributed by atoms with van der Waals surface area (Å²) in [5.74, 6) is 0.0878. The third-order valence-electron chi connectivity index (χ3n) is 2.53. The van der Waals surface area contributed by atoms with E-state index in [4.69, 9.17) is 0 Å². The van der Waals surface area contributed by atoms with Crippen molar-refractivity contribution < 1.29 is 4.79 Å². The average Bonchev–Trinajstić information content (AvgIpc) is 2.32. The molecule has 2 rings (SSSR count). The molecule has 2 aromatic rings. The van der Waals surface area contributed by atoms with Gasteiger partial charge in [0.05, 0.1) is 0 Å². The van der Waals surface area contributed by atoms with Crippen LogP contribution in [0.5, 0.6) is 0 Å². The minimum absolute atomic E-state index is 0.0878. The molecule has 0 fully saturated rings. The molecule has 0 saturated carbocycles. The summed E-state index contributed by atoms with van der Waals surface area (Å²) in [6.07, 6.45) is 0. The van der Waals surface area contributed by atoms with Gasteiger partial charge in [-0.15, -0.1) is 0 Å². The van der Waals surface area contributed by atoms with Gasteiger partial charge in [-0.1, -0.05) is 56.1 Å². The molecule has 0 aliphatic carbocycles. The number of rotatable bonds is 2. The molecular formula is C14H10Br2O. The smallest absolute Gasteiger partial charge is 0.159 e. The van der Waals surface area contributed by atoms with Gasteiger partial charge in [-0.3, -0.25) is 4.79 Å². The van der Waals surface area contributed by atoms with Crippen LogP contribution in [0.3, 0.4) is 0 Å². The normalized spacial score (nSPS) is 10.3. The van der Waals surface area contributed by atoms with Crippen molar-refractivity contribution in [3.05, 3.63) is 57.0 Å². The molecule has 0 bridgehead atoms. The average molecular weight is 354 g/mol. The van der Waals surface area contributed by atoms with E-state index in [1.54, 1.807) is 6.92 Å². The lowest BCUT2D eigenvalue weighted by Gasteiger charge is -2.06. The highest BCUT2D eigenvalue weighted by molar-refractivity contribution is 9.11. The van der Waals surface area contributed by atoms with Gasteiger partial charge in [-0.25, -0.2) is 0 Å². The molecule has 1 nitrogen and oxygen atoms in total. The zero-order valence-electron chi connectivity index (χ0n) is 9.21. The van der Waals surface area contributed by atoms with Crippen molar-refractivity contribution in [1.29, 1.82) is 0 Å². The summed E-state index contributed by atoms with van der Waals surface area (Å²) < 4.78 is 2.07. The summed E-state index contributed by atoms with van der Waals surface area (Å²) in [5, 5.41) is 0. The summed E-state index contributed by atoms with van der Waals surface area (Å²) >= 11 is 6.98. The summed E-state index contributed by atoms with van der Waals surface area (Å²) in [6.45, 7) is 1.57. The second-order valence-corrected chi connectivity index (χ2v) is 5.53. The predicted octanol–water partition coefficient (Wildman–Crippen LogP) is 5.08.